The molecular formula is C10H16F3NO5. The van der Waals surface area contributed by atoms with Gasteiger partial charge in [-0.05, 0) is 13.0 Å². The van der Waals surface area contributed by atoms with Gasteiger partial charge in [-0.1, -0.05) is 0 Å². The normalized spacial score (nSPS) is 19.7. The Bertz CT molecular complexity index is 287. The number of carboxylic acids is 1. The van der Waals surface area contributed by atoms with E-state index in [1.54, 1.807) is 0 Å². The van der Waals surface area contributed by atoms with Gasteiger partial charge in [0.25, 0.3) is 0 Å². The number of halogens is 3. The van der Waals surface area contributed by atoms with Gasteiger partial charge in [-0.15, -0.1) is 0 Å². The Morgan fingerprint density at radius 1 is 1.42 bits per heavy atom. The van der Waals surface area contributed by atoms with Gasteiger partial charge in [0.1, 0.15) is 0 Å². The van der Waals surface area contributed by atoms with Gasteiger partial charge in [0.15, 0.2) is 0 Å². The van der Waals surface area contributed by atoms with Gasteiger partial charge < -0.3 is 19.9 Å². The zero-order chi connectivity index (χ0) is 14.9. The van der Waals surface area contributed by atoms with Crippen molar-refractivity contribution in [2.45, 2.75) is 25.1 Å². The quantitative estimate of drug-likeness (QED) is 0.722. The van der Waals surface area contributed by atoms with Gasteiger partial charge in [-0.25, -0.2) is 4.79 Å². The molecule has 1 aliphatic rings. The fraction of sp³-hybridized carbons (Fsp3) is 0.800. The van der Waals surface area contributed by atoms with Gasteiger partial charge in [0.2, 0.25) is 0 Å². The molecular weight excluding hydrogens is 271 g/mol. The van der Waals surface area contributed by atoms with E-state index in [1.165, 1.54) is 7.11 Å². The minimum absolute atomic E-state index is 0.0347. The third-order valence-electron chi connectivity index (χ3n) is 2.14. The summed E-state index contributed by atoms with van der Waals surface area (Å²) in [5, 5.41) is 10.3. The van der Waals surface area contributed by atoms with E-state index in [0.717, 1.165) is 19.5 Å². The number of carboxylic acid groups (broad SMARTS) is 1. The summed E-state index contributed by atoms with van der Waals surface area (Å²) >= 11 is 0. The first-order valence-electron chi connectivity index (χ1n) is 5.46. The fourth-order valence-corrected chi connectivity index (χ4v) is 1.20. The Morgan fingerprint density at radius 2 is 2.00 bits per heavy atom. The Morgan fingerprint density at radius 3 is 2.47 bits per heavy atom. The molecule has 1 atom stereocenters. The van der Waals surface area contributed by atoms with E-state index in [2.05, 4.69) is 10.1 Å². The number of alkyl halides is 3. The molecule has 9 heteroatoms. The number of hydrogen-bond acceptors (Lipinski definition) is 5. The first-order chi connectivity index (χ1) is 8.77. The van der Waals surface area contributed by atoms with Crippen molar-refractivity contribution in [3.63, 3.8) is 0 Å². The highest BCUT2D eigenvalue weighted by atomic mass is 19.4. The molecule has 1 fully saturated rings. The van der Waals surface area contributed by atoms with Crippen LogP contribution in [-0.2, 0) is 19.1 Å². The molecule has 0 aromatic heterocycles. The topological polar surface area (TPSA) is 84.9 Å². The molecule has 0 aromatic rings. The van der Waals surface area contributed by atoms with E-state index in [1.807, 2.05) is 0 Å². The molecule has 1 saturated heterocycles. The number of esters is 1. The molecule has 0 radical (unpaired) electrons. The van der Waals surface area contributed by atoms with Crippen LogP contribution in [0.4, 0.5) is 13.2 Å². The number of hydrogen-bond donors (Lipinski definition) is 2. The monoisotopic (exact) mass is 287 g/mol. The lowest BCUT2D eigenvalue weighted by Crippen LogP contribution is -2.21. The van der Waals surface area contributed by atoms with Crippen molar-refractivity contribution in [1.82, 2.24) is 5.32 Å². The highest BCUT2D eigenvalue weighted by Gasteiger charge is 2.38. The van der Waals surface area contributed by atoms with Crippen LogP contribution in [0.3, 0.4) is 0 Å². The molecule has 0 saturated carbocycles. The van der Waals surface area contributed by atoms with Gasteiger partial charge >= 0.3 is 18.1 Å². The Balaban J connectivity index is 0.000000399. The molecule has 0 bridgehead atoms. The second-order valence-electron chi connectivity index (χ2n) is 3.61. The van der Waals surface area contributed by atoms with Crippen LogP contribution in [0.2, 0.25) is 0 Å². The molecule has 0 unspecified atom stereocenters. The number of methoxy groups -OCH3 is 1. The molecule has 1 aliphatic heterocycles. The Kier molecular flexibility index (Phi) is 8.08. The number of rotatable bonds is 2. The first-order valence-corrected chi connectivity index (χ1v) is 5.46. The lowest BCUT2D eigenvalue weighted by atomic mass is 10.2. The maximum absolute atomic E-state index is 10.9. The zero-order valence-corrected chi connectivity index (χ0v) is 10.3. The molecule has 19 heavy (non-hydrogen) atoms. The molecule has 2 N–H and O–H groups in total. The minimum Gasteiger partial charge on any atom is -0.475 e. The number of aliphatic carboxylic acids is 1. The third-order valence-corrected chi connectivity index (χ3v) is 2.14. The van der Waals surface area contributed by atoms with Crippen molar-refractivity contribution < 1.29 is 37.3 Å². The van der Waals surface area contributed by atoms with Crippen LogP contribution >= 0.6 is 0 Å². The van der Waals surface area contributed by atoms with Crippen LogP contribution in [0, 0.1) is 0 Å². The predicted octanol–water partition coefficient (Wildman–Crippen LogP) is 0.561. The summed E-state index contributed by atoms with van der Waals surface area (Å²) in [5.74, 6) is -2.95. The number of carbonyl (C=O) groups is 2. The Labute approximate surface area is 107 Å². The summed E-state index contributed by atoms with van der Waals surface area (Å²) in [6.45, 7) is 2.47. The third kappa shape index (κ3) is 9.25. The van der Waals surface area contributed by atoms with Gasteiger partial charge in [0.05, 0.1) is 26.2 Å². The fourth-order valence-electron chi connectivity index (χ4n) is 1.20. The largest absolute Gasteiger partial charge is 0.490 e. The van der Waals surface area contributed by atoms with Crippen LogP contribution < -0.4 is 5.32 Å². The first kappa shape index (κ1) is 17.6. The van der Waals surface area contributed by atoms with Crippen molar-refractivity contribution in [3.8, 4) is 0 Å². The van der Waals surface area contributed by atoms with Crippen LogP contribution in [0.1, 0.15) is 12.8 Å². The molecule has 0 aromatic carbocycles. The number of nitrogens with one attached hydrogen (secondary N) is 1. The maximum Gasteiger partial charge on any atom is 0.490 e. The zero-order valence-electron chi connectivity index (χ0n) is 10.3. The summed E-state index contributed by atoms with van der Waals surface area (Å²) in [6.07, 6.45) is -3.79. The van der Waals surface area contributed by atoms with E-state index in [-0.39, 0.29) is 12.1 Å². The van der Waals surface area contributed by atoms with Crippen LogP contribution in [0.25, 0.3) is 0 Å². The molecule has 0 spiro atoms. The molecule has 0 aliphatic carbocycles. The summed E-state index contributed by atoms with van der Waals surface area (Å²) in [7, 11) is 1.40. The molecule has 112 valence electrons. The highest BCUT2D eigenvalue weighted by Crippen LogP contribution is 2.13. The summed E-state index contributed by atoms with van der Waals surface area (Å²) in [6, 6.07) is 0. The molecule has 1 heterocycles. The van der Waals surface area contributed by atoms with Gasteiger partial charge in [0, 0.05) is 6.54 Å². The molecule has 1 rings (SSSR count). The lowest BCUT2D eigenvalue weighted by molar-refractivity contribution is -0.192. The van der Waals surface area contributed by atoms with Crippen molar-refractivity contribution in [1.29, 1.82) is 0 Å². The lowest BCUT2D eigenvalue weighted by Gasteiger charge is -2.11. The number of carbonyl (C=O) groups excluding carboxylic acids is 1. The van der Waals surface area contributed by atoms with Crippen LogP contribution in [0.5, 0.6) is 0 Å². The van der Waals surface area contributed by atoms with E-state index in [0.29, 0.717) is 13.0 Å². The summed E-state index contributed by atoms with van der Waals surface area (Å²) in [4.78, 5) is 19.8. The molecule has 6 nitrogen and oxygen atoms in total. The van der Waals surface area contributed by atoms with Crippen LogP contribution in [-0.4, -0.2) is 56.1 Å². The van der Waals surface area contributed by atoms with E-state index < -0.39 is 12.1 Å². The highest BCUT2D eigenvalue weighted by molar-refractivity contribution is 5.73. The Hall–Kier alpha value is -1.35. The SMILES string of the molecule is COC(=O)C[C@@H]1CCNCCO1.O=C(O)C(F)(F)F. The van der Waals surface area contributed by atoms with Crippen molar-refractivity contribution in [2.75, 3.05) is 26.8 Å². The standard InChI is InChI=1S/C8H15NO3.C2HF3O2/c1-11-8(10)6-7-2-3-9-4-5-12-7;3-2(4,5)1(6)7/h7,9H,2-6H2,1H3;(H,6,7)/t7-;/m0./s1. The van der Waals surface area contributed by atoms with E-state index in [9.17, 15) is 18.0 Å². The van der Waals surface area contributed by atoms with E-state index >= 15 is 0 Å². The minimum atomic E-state index is -5.08. The molecule has 0 amide bonds. The predicted molar refractivity (Wildman–Crippen MR) is 57.6 cm³/mol. The van der Waals surface area contributed by atoms with Crippen LogP contribution in [0.15, 0.2) is 0 Å². The maximum atomic E-state index is 10.9. The van der Waals surface area contributed by atoms with Crippen molar-refractivity contribution in [3.05, 3.63) is 0 Å². The van der Waals surface area contributed by atoms with Crippen molar-refractivity contribution >= 4 is 11.9 Å². The van der Waals surface area contributed by atoms with Gasteiger partial charge in [-0.2, -0.15) is 13.2 Å². The summed E-state index contributed by atoms with van der Waals surface area (Å²) < 4.78 is 41.7. The van der Waals surface area contributed by atoms with E-state index in [4.69, 9.17) is 14.6 Å². The smallest absolute Gasteiger partial charge is 0.475 e. The average Bonchev–Trinajstić information content (AvgIpc) is 2.57. The average molecular weight is 287 g/mol. The van der Waals surface area contributed by atoms with Gasteiger partial charge in [-0.3, -0.25) is 4.79 Å². The van der Waals surface area contributed by atoms with Crippen molar-refractivity contribution in [2.24, 2.45) is 0 Å². The second kappa shape index (κ2) is 8.70. The number of ether oxygens (including phenoxy) is 2. The second-order valence-corrected chi connectivity index (χ2v) is 3.61. The summed E-state index contributed by atoms with van der Waals surface area (Å²) in [5.41, 5.74) is 0.